The fourth-order valence-corrected chi connectivity index (χ4v) is 4.37. The molecule has 2 aromatic carbocycles. The number of amides is 4. The fourth-order valence-electron chi connectivity index (χ4n) is 4.11. The molecule has 0 aliphatic carbocycles. The molecule has 1 aromatic heterocycles. The van der Waals surface area contributed by atoms with Crippen molar-refractivity contribution in [3.05, 3.63) is 71.9 Å². The molecule has 13 heteroatoms. The Hall–Kier alpha value is -4.36. The predicted molar refractivity (Wildman–Crippen MR) is 151 cm³/mol. The van der Waals surface area contributed by atoms with E-state index in [1.54, 1.807) is 6.20 Å². The fraction of sp³-hybridized carbons (Fsp3) is 0.296. The molecule has 0 spiro atoms. The number of aromatic nitrogens is 1. The first kappa shape index (κ1) is 30.2. The third-order valence-corrected chi connectivity index (χ3v) is 6.57. The molecule has 3 rings (SSSR count). The van der Waals surface area contributed by atoms with Gasteiger partial charge < -0.3 is 37.5 Å². The van der Waals surface area contributed by atoms with E-state index in [-0.39, 0.29) is 18.6 Å². The van der Waals surface area contributed by atoms with E-state index in [2.05, 4.69) is 33.6 Å². The molecule has 40 heavy (non-hydrogen) atoms. The van der Waals surface area contributed by atoms with Crippen LogP contribution in [0, 0.1) is 0 Å². The molecule has 0 bridgehead atoms. The van der Waals surface area contributed by atoms with Crippen LogP contribution in [-0.4, -0.2) is 69.6 Å². The van der Waals surface area contributed by atoms with Crippen molar-refractivity contribution in [1.82, 2.24) is 20.9 Å². The van der Waals surface area contributed by atoms with Crippen molar-refractivity contribution in [3.8, 4) is 0 Å². The number of H-pyrrole nitrogens is 1. The topological polar surface area (TPSA) is 209 Å². The molecule has 0 fully saturated rings. The highest BCUT2D eigenvalue weighted by Crippen LogP contribution is 2.19. The van der Waals surface area contributed by atoms with Crippen LogP contribution < -0.4 is 27.4 Å². The Bertz CT molecular complexity index is 1360. The summed E-state index contributed by atoms with van der Waals surface area (Å²) in [5, 5.41) is 17.5. The summed E-state index contributed by atoms with van der Waals surface area (Å²) in [6.45, 7) is 0. The highest BCUT2D eigenvalue weighted by atomic mass is 32.1. The lowest BCUT2D eigenvalue weighted by Crippen LogP contribution is -2.58. The van der Waals surface area contributed by atoms with Gasteiger partial charge in [0.1, 0.15) is 18.1 Å². The van der Waals surface area contributed by atoms with Gasteiger partial charge in [-0.15, -0.1) is 0 Å². The van der Waals surface area contributed by atoms with Crippen LogP contribution in [0.5, 0.6) is 0 Å². The van der Waals surface area contributed by atoms with Crippen LogP contribution in [0.15, 0.2) is 60.8 Å². The Morgan fingerprint density at radius 2 is 1.43 bits per heavy atom. The van der Waals surface area contributed by atoms with Crippen LogP contribution in [0.4, 0.5) is 0 Å². The van der Waals surface area contributed by atoms with Crippen LogP contribution in [0.1, 0.15) is 17.5 Å². The lowest BCUT2D eigenvalue weighted by atomic mass is 10.0. The van der Waals surface area contributed by atoms with Crippen LogP contribution in [-0.2, 0) is 36.8 Å². The van der Waals surface area contributed by atoms with Crippen LogP contribution in [0.2, 0.25) is 0 Å². The first-order valence-corrected chi connectivity index (χ1v) is 13.1. The van der Waals surface area contributed by atoms with Gasteiger partial charge in [0, 0.05) is 29.3 Å². The van der Waals surface area contributed by atoms with Gasteiger partial charge in [0.25, 0.3) is 0 Å². The summed E-state index contributed by atoms with van der Waals surface area (Å²) in [5.41, 5.74) is 13.6. The number of hydrogen-bond donors (Lipinski definition) is 8. The normalized spacial score (nSPS) is 13.9. The standard InChI is InChI=1S/C27H32N6O6S/c28-18(10-15-6-2-1-3-7-15)24(35)31-20(11-16-13-30-19-9-5-4-8-17(16)19)25(36)33-22(14-40)26(37)32-21(27(38)39)12-23(29)34/h1-9,13,18,20-22,30,40H,10-12,14,28H2,(H2,29,34)(H,31,35)(H,32,37)(H,33,36)(H,38,39). The minimum atomic E-state index is -1.58. The predicted octanol–water partition coefficient (Wildman–Crippen LogP) is -0.375. The van der Waals surface area contributed by atoms with Crippen LogP contribution in [0.25, 0.3) is 10.9 Å². The average Bonchev–Trinajstić information content (AvgIpc) is 3.33. The van der Waals surface area contributed by atoms with E-state index in [0.717, 1.165) is 22.0 Å². The van der Waals surface area contributed by atoms with E-state index in [0.29, 0.717) is 0 Å². The quantitative estimate of drug-likeness (QED) is 0.121. The van der Waals surface area contributed by atoms with Gasteiger partial charge in [0.05, 0.1) is 12.5 Å². The van der Waals surface area contributed by atoms with E-state index >= 15 is 0 Å². The maximum absolute atomic E-state index is 13.4. The van der Waals surface area contributed by atoms with Gasteiger partial charge >= 0.3 is 5.97 Å². The molecule has 0 saturated carbocycles. The Morgan fingerprint density at radius 1 is 0.825 bits per heavy atom. The van der Waals surface area contributed by atoms with Crippen molar-refractivity contribution in [2.24, 2.45) is 11.5 Å². The van der Waals surface area contributed by atoms with Gasteiger partial charge in [-0.3, -0.25) is 19.2 Å². The summed E-state index contributed by atoms with van der Waals surface area (Å²) in [6.07, 6.45) is 1.41. The zero-order chi connectivity index (χ0) is 29.2. The number of thiol groups is 1. The SMILES string of the molecule is NC(=O)CC(NC(=O)C(CS)NC(=O)C(Cc1c[nH]c2ccccc12)NC(=O)C(N)Cc1ccccc1)C(=O)O. The van der Waals surface area contributed by atoms with Gasteiger partial charge in [-0.1, -0.05) is 48.5 Å². The number of carbonyl (C=O) groups excluding carboxylic acids is 4. The second kappa shape index (κ2) is 14.1. The van der Waals surface area contributed by atoms with Crippen molar-refractivity contribution in [2.75, 3.05) is 5.75 Å². The Morgan fingerprint density at radius 3 is 2.08 bits per heavy atom. The van der Waals surface area contributed by atoms with Crippen LogP contribution >= 0.6 is 12.6 Å². The molecule has 4 amide bonds. The molecule has 12 nitrogen and oxygen atoms in total. The largest absolute Gasteiger partial charge is 0.480 e. The molecule has 1 heterocycles. The van der Waals surface area contributed by atoms with Crippen molar-refractivity contribution >= 4 is 53.1 Å². The second-order valence-electron chi connectivity index (χ2n) is 9.23. The molecule has 212 valence electrons. The molecule has 3 aromatic rings. The summed E-state index contributed by atoms with van der Waals surface area (Å²) >= 11 is 4.11. The summed E-state index contributed by atoms with van der Waals surface area (Å²) in [6, 6.07) is 11.7. The van der Waals surface area contributed by atoms with Gasteiger partial charge in [0.15, 0.2) is 0 Å². The van der Waals surface area contributed by atoms with E-state index in [1.165, 1.54) is 0 Å². The number of aromatic amines is 1. The first-order chi connectivity index (χ1) is 19.1. The maximum atomic E-state index is 13.4. The highest BCUT2D eigenvalue weighted by molar-refractivity contribution is 7.80. The number of hydrogen-bond acceptors (Lipinski definition) is 7. The molecule has 4 atom stereocenters. The smallest absolute Gasteiger partial charge is 0.326 e. The minimum absolute atomic E-state index is 0.0694. The molecular weight excluding hydrogens is 536 g/mol. The number of fused-ring (bicyclic) bond motifs is 1. The number of carboxylic acid groups (broad SMARTS) is 1. The third kappa shape index (κ3) is 8.32. The zero-order valence-corrected chi connectivity index (χ0v) is 22.4. The number of primary amides is 1. The van der Waals surface area contributed by atoms with E-state index < -0.39 is 60.2 Å². The summed E-state index contributed by atoms with van der Waals surface area (Å²) in [4.78, 5) is 64.9. The summed E-state index contributed by atoms with van der Waals surface area (Å²) in [7, 11) is 0. The zero-order valence-electron chi connectivity index (χ0n) is 21.5. The van der Waals surface area contributed by atoms with E-state index in [9.17, 15) is 29.1 Å². The molecule has 0 aliphatic rings. The first-order valence-electron chi connectivity index (χ1n) is 12.5. The monoisotopic (exact) mass is 568 g/mol. The molecule has 4 unspecified atom stereocenters. The van der Waals surface area contributed by atoms with Crippen molar-refractivity contribution in [3.63, 3.8) is 0 Å². The molecule has 0 radical (unpaired) electrons. The van der Waals surface area contributed by atoms with E-state index in [1.807, 2.05) is 54.6 Å². The number of carboxylic acids is 1. The van der Waals surface area contributed by atoms with Gasteiger partial charge in [-0.05, 0) is 23.6 Å². The number of carbonyl (C=O) groups is 5. The summed E-state index contributed by atoms with van der Waals surface area (Å²) < 4.78 is 0. The third-order valence-electron chi connectivity index (χ3n) is 6.20. The van der Waals surface area contributed by atoms with E-state index in [4.69, 9.17) is 11.5 Å². The summed E-state index contributed by atoms with van der Waals surface area (Å²) in [5.74, 6) is -4.73. The molecule has 0 saturated heterocycles. The number of nitrogens with two attached hydrogens (primary N) is 2. The highest BCUT2D eigenvalue weighted by Gasteiger charge is 2.31. The number of para-hydroxylation sites is 1. The number of rotatable bonds is 14. The van der Waals surface area contributed by atoms with Crippen molar-refractivity contribution < 1.29 is 29.1 Å². The Labute approximate surface area is 235 Å². The molecule has 0 aliphatic heterocycles. The van der Waals surface area contributed by atoms with Crippen LogP contribution in [0.3, 0.4) is 0 Å². The number of aliphatic carboxylic acids is 1. The Balaban J connectivity index is 1.78. The number of benzene rings is 2. The van der Waals surface area contributed by atoms with Gasteiger partial charge in [-0.25, -0.2) is 4.79 Å². The van der Waals surface area contributed by atoms with Gasteiger partial charge in [-0.2, -0.15) is 12.6 Å². The van der Waals surface area contributed by atoms with Crippen molar-refractivity contribution in [2.45, 2.75) is 43.4 Å². The number of nitrogens with one attached hydrogen (secondary N) is 4. The average molecular weight is 569 g/mol. The Kier molecular flexibility index (Phi) is 10.7. The molecule has 9 N–H and O–H groups in total. The van der Waals surface area contributed by atoms with Crippen molar-refractivity contribution in [1.29, 1.82) is 0 Å². The maximum Gasteiger partial charge on any atom is 0.326 e. The minimum Gasteiger partial charge on any atom is -0.480 e. The second-order valence-corrected chi connectivity index (χ2v) is 9.60. The van der Waals surface area contributed by atoms with Gasteiger partial charge in [0.2, 0.25) is 23.6 Å². The molecular formula is C27H32N6O6S. The lowest BCUT2D eigenvalue weighted by molar-refractivity contribution is -0.143. The lowest BCUT2D eigenvalue weighted by Gasteiger charge is -2.24.